The van der Waals surface area contributed by atoms with Gasteiger partial charge in [0.2, 0.25) is 0 Å². The van der Waals surface area contributed by atoms with Crippen molar-refractivity contribution in [3.05, 3.63) is 48.2 Å². The molecule has 0 saturated heterocycles. The molecule has 0 fully saturated rings. The van der Waals surface area contributed by atoms with Crippen molar-refractivity contribution in [3.63, 3.8) is 0 Å². The largest absolute Gasteiger partial charge is 0.488 e. The van der Waals surface area contributed by atoms with Crippen molar-refractivity contribution >= 4 is 17.5 Å². The Hall–Kier alpha value is -2.60. The van der Waals surface area contributed by atoms with E-state index in [9.17, 15) is 9.90 Å². The van der Waals surface area contributed by atoms with Gasteiger partial charge < -0.3 is 19.5 Å². The number of hydrogen-bond acceptors (Lipinski definition) is 5. The number of ether oxygens (including phenoxy) is 2. The van der Waals surface area contributed by atoms with Gasteiger partial charge in [-0.05, 0) is 24.3 Å². The Labute approximate surface area is 127 Å². The highest BCUT2D eigenvalue weighted by Gasteiger charge is 2.32. The first kappa shape index (κ1) is 14.3. The predicted octanol–water partition coefficient (Wildman–Crippen LogP) is 2.33. The van der Waals surface area contributed by atoms with Gasteiger partial charge in [0.15, 0.2) is 5.75 Å². The minimum Gasteiger partial charge on any atom is -0.488 e. The zero-order valence-corrected chi connectivity index (χ0v) is 12.1. The number of carbonyl (C=O) groups is 1. The van der Waals surface area contributed by atoms with E-state index in [-0.39, 0.29) is 11.6 Å². The molecule has 22 heavy (non-hydrogen) atoms. The number of fused-ring (bicyclic) bond motifs is 1. The minimum atomic E-state index is -1.01. The van der Waals surface area contributed by atoms with E-state index in [1.54, 1.807) is 19.4 Å². The second-order valence-electron chi connectivity index (χ2n) is 4.94. The van der Waals surface area contributed by atoms with Crippen LogP contribution >= 0.6 is 0 Å². The summed E-state index contributed by atoms with van der Waals surface area (Å²) in [6, 6.07) is 10.6. The highest BCUT2D eigenvalue weighted by Crippen LogP contribution is 2.40. The fourth-order valence-electron chi connectivity index (χ4n) is 2.61. The maximum Gasteiger partial charge on any atom is 0.339 e. The van der Waals surface area contributed by atoms with Gasteiger partial charge in [-0.25, -0.2) is 9.78 Å². The molecule has 1 atom stereocenters. The third-order valence-corrected chi connectivity index (χ3v) is 3.52. The molecule has 1 aromatic carbocycles. The smallest absolute Gasteiger partial charge is 0.339 e. The van der Waals surface area contributed by atoms with Crippen LogP contribution in [0.1, 0.15) is 10.4 Å². The molecule has 2 heterocycles. The summed E-state index contributed by atoms with van der Waals surface area (Å²) in [6.45, 7) is 0.787. The Morgan fingerprint density at radius 2 is 2.27 bits per heavy atom. The predicted molar refractivity (Wildman–Crippen MR) is 80.9 cm³/mol. The van der Waals surface area contributed by atoms with E-state index in [0.717, 1.165) is 5.82 Å². The van der Waals surface area contributed by atoms with E-state index in [0.29, 0.717) is 24.7 Å². The monoisotopic (exact) mass is 300 g/mol. The van der Waals surface area contributed by atoms with Gasteiger partial charge >= 0.3 is 5.97 Å². The van der Waals surface area contributed by atoms with Gasteiger partial charge in [-0.1, -0.05) is 12.1 Å². The second-order valence-corrected chi connectivity index (χ2v) is 4.94. The van der Waals surface area contributed by atoms with E-state index in [1.807, 2.05) is 29.2 Å². The highest BCUT2D eigenvalue weighted by atomic mass is 16.5. The van der Waals surface area contributed by atoms with Gasteiger partial charge in [0.1, 0.15) is 18.0 Å². The quantitative estimate of drug-likeness (QED) is 0.934. The molecular weight excluding hydrogens is 284 g/mol. The molecule has 1 aromatic heterocycles. The number of benzene rings is 1. The number of anilines is 2. The van der Waals surface area contributed by atoms with Crippen LogP contribution in [0.3, 0.4) is 0 Å². The number of carboxylic acid groups (broad SMARTS) is 1. The lowest BCUT2D eigenvalue weighted by atomic mass is 10.1. The summed E-state index contributed by atoms with van der Waals surface area (Å²) in [6.07, 6.45) is 1.70. The average Bonchev–Trinajstić information content (AvgIpc) is 2.55. The van der Waals surface area contributed by atoms with Gasteiger partial charge in [0.25, 0.3) is 0 Å². The number of aromatic nitrogens is 1. The summed E-state index contributed by atoms with van der Waals surface area (Å²) in [5.74, 6) is 0.0904. The van der Waals surface area contributed by atoms with Crippen LogP contribution in [0.2, 0.25) is 0 Å². The van der Waals surface area contributed by atoms with Crippen LogP contribution in [-0.2, 0) is 4.74 Å². The summed E-state index contributed by atoms with van der Waals surface area (Å²) in [7, 11) is 1.62. The summed E-state index contributed by atoms with van der Waals surface area (Å²) < 4.78 is 11.0. The molecule has 0 radical (unpaired) electrons. The summed E-state index contributed by atoms with van der Waals surface area (Å²) >= 11 is 0. The Morgan fingerprint density at radius 1 is 1.41 bits per heavy atom. The molecule has 0 bridgehead atoms. The summed E-state index contributed by atoms with van der Waals surface area (Å²) in [5.41, 5.74) is 0.834. The fourth-order valence-corrected chi connectivity index (χ4v) is 2.61. The number of carboxylic acids is 1. The number of rotatable bonds is 4. The molecule has 6 heteroatoms. The number of methoxy groups -OCH3 is 1. The maximum atomic E-state index is 11.4. The van der Waals surface area contributed by atoms with Crippen LogP contribution < -0.4 is 9.64 Å². The summed E-state index contributed by atoms with van der Waals surface area (Å²) in [5, 5.41) is 9.33. The van der Waals surface area contributed by atoms with Crippen molar-refractivity contribution < 1.29 is 19.4 Å². The number of hydrogen-bond donors (Lipinski definition) is 1. The number of nitrogens with zero attached hydrogens (tertiary/aromatic N) is 2. The number of pyridine rings is 1. The Morgan fingerprint density at radius 3 is 2.95 bits per heavy atom. The van der Waals surface area contributed by atoms with Crippen molar-refractivity contribution in [3.8, 4) is 5.75 Å². The van der Waals surface area contributed by atoms with Crippen LogP contribution in [-0.4, -0.2) is 42.4 Å². The molecule has 0 aliphatic carbocycles. The molecule has 0 unspecified atom stereocenters. The van der Waals surface area contributed by atoms with Gasteiger partial charge in [0, 0.05) is 13.3 Å². The molecule has 1 aliphatic heterocycles. The highest BCUT2D eigenvalue weighted by molar-refractivity contribution is 5.94. The zero-order chi connectivity index (χ0) is 15.5. The Balaban J connectivity index is 2.12. The molecule has 0 saturated carbocycles. The Kier molecular flexibility index (Phi) is 3.93. The molecule has 3 rings (SSSR count). The molecule has 0 spiro atoms. The van der Waals surface area contributed by atoms with E-state index in [1.165, 1.54) is 6.07 Å². The lowest BCUT2D eigenvalue weighted by molar-refractivity contribution is 0.0690. The van der Waals surface area contributed by atoms with Crippen LogP contribution in [0.5, 0.6) is 5.75 Å². The molecule has 114 valence electrons. The van der Waals surface area contributed by atoms with E-state index in [2.05, 4.69) is 4.98 Å². The van der Waals surface area contributed by atoms with Crippen LogP contribution in [0.4, 0.5) is 11.5 Å². The first-order valence-corrected chi connectivity index (χ1v) is 6.90. The van der Waals surface area contributed by atoms with Crippen LogP contribution in [0, 0.1) is 0 Å². The third kappa shape index (κ3) is 2.48. The number of aromatic carboxylic acids is 1. The molecule has 1 N–H and O–H groups in total. The first-order chi connectivity index (χ1) is 10.7. The summed E-state index contributed by atoms with van der Waals surface area (Å²) in [4.78, 5) is 17.7. The number of para-hydroxylation sites is 1. The minimum absolute atomic E-state index is 0.0727. The van der Waals surface area contributed by atoms with Gasteiger partial charge in [-0.3, -0.25) is 0 Å². The van der Waals surface area contributed by atoms with E-state index in [4.69, 9.17) is 9.47 Å². The maximum absolute atomic E-state index is 11.4. The van der Waals surface area contributed by atoms with E-state index < -0.39 is 5.97 Å². The SMILES string of the molecule is COC[C@H]1COc2c(C(=O)O)cccc2N1c1ccccn1. The normalized spacial score (nSPS) is 16.8. The van der Waals surface area contributed by atoms with Crippen molar-refractivity contribution in [1.29, 1.82) is 0 Å². The first-order valence-electron chi connectivity index (χ1n) is 6.90. The zero-order valence-electron chi connectivity index (χ0n) is 12.1. The second kappa shape index (κ2) is 6.03. The average molecular weight is 300 g/mol. The van der Waals surface area contributed by atoms with Crippen molar-refractivity contribution in [2.75, 3.05) is 25.2 Å². The van der Waals surface area contributed by atoms with Crippen LogP contribution in [0.25, 0.3) is 0 Å². The lowest BCUT2D eigenvalue weighted by Gasteiger charge is -2.37. The molecule has 6 nitrogen and oxygen atoms in total. The van der Waals surface area contributed by atoms with Crippen molar-refractivity contribution in [2.45, 2.75) is 6.04 Å². The van der Waals surface area contributed by atoms with Gasteiger partial charge in [0.05, 0.1) is 18.3 Å². The van der Waals surface area contributed by atoms with Gasteiger partial charge in [-0.2, -0.15) is 0 Å². The van der Waals surface area contributed by atoms with E-state index >= 15 is 0 Å². The van der Waals surface area contributed by atoms with Crippen molar-refractivity contribution in [2.24, 2.45) is 0 Å². The van der Waals surface area contributed by atoms with Crippen molar-refractivity contribution in [1.82, 2.24) is 4.98 Å². The fraction of sp³-hybridized carbons (Fsp3) is 0.250. The third-order valence-electron chi connectivity index (χ3n) is 3.52. The van der Waals surface area contributed by atoms with Crippen LogP contribution in [0.15, 0.2) is 42.6 Å². The molecule has 0 amide bonds. The molecule has 2 aromatic rings. The molecule has 1 aliphatic rings. The topological polar surface area (TPSA) is 71.9 Å². The van der Waals surface area contributed by atoms with Gasteiger partial charge in [-0.15, -0.1) is 0 Å². The Bertz CT molecular complexity index is 675. The standard InChI is InChI=1S/C16H16N2O4/c1-21-9-11-10-22-15-12(16(19)20)5-4-6-13(15)18(11)14-7-2-3-8-17-14/h2-8,11H,9-10H2,1H3,(H,19,20)/t11-/m0/s1. The molecular formula is C16H16N2O4. The lowest BCUT2D eigenvalue weighted by Crippen LogP contribution is -2.43.